The van der Waals surface area contributed by atoms with Gasteiger partial charge in [-0.15, -0.1) is 0 Å². The molecule has 0 saturated heterocycles. The lowest BCUT2D eigenvalue weighted by Crippen LogP contribution is -2.30. The molecule has 0 saturated carbocycles. The van der Waals surface area contributed by atoms with Crippen molar-refractivity contribution in [3.05, 3.63) is 12.2 Å². The molecule has 486 valence electrons. The Hall–Kier alpha value is -1.85. The second kappa shape index (κ2) is 71.6. The fraction of sp³-hybridized carbons (Fsp3) is 0.934. The van der Waals surface area contributed by atoms with Gasteiger partial charge in [0.15, 0.2) is 6.10 Å². The zero-order chi connectivity index (χ0) is 59.2. The monoisotopic (exact) mass is 1160 g/mol. The lowest BCUT2D eigenvalue weighted by molar-refractivity contribution is -0.167. The molecule has 0 N–H and O–H groups in total. The van der Waals surface area contributed by atoms with Gasteiger partial charge in [-0.2, -0.15) is 0 Å². The van der Waals surface area contributed by atoms with Crippen LogP contribution < -0.4 is 0 Å². The minimum absolute atomic E-state index is 0.0634. The molecule has 82 heavy (non-hydrogen) atoms. The highest BCUT2D eigenvalue weighted by molar-refractivity contribution is 5.71. The number of esters is 3. The number of carbonyl (C=O) groups excluding carboxylic acids is 3. The van der Waals surface area contributed by atoms with Gasteiger partial charge in [-0.3, -0.25) is 14.4 Å². The summed E-state index contributed by atoms with van der Waals surface area (Å²) >= 11 is 0. The van der Waals surface area contributed by atoms with Crippen LogP contribution in [0.1, 0.15) is 438 Å². The molecule has 0 fully saturated rings. The highest BCUT2D eigenvalue weighted by atomic mass is 16.6. The fourth-order valence-electron chi connectivity index (χ4n) is 11.9. The summed E-state index contributed by atoms with van der Waals surface area (Å²) in [5, 5.41) is 0. The molecule has 0 aromatic heterocycles. The molecule has 1 atom stereocenters. The molecule has 0 heterocycles. The van der Waals surface area contributed by atoms with Crippen LogP contribution in [0, 0.1) is 0 Å². The van der Waals surface area contributed by atoms with Crippen molar-refractivity contribution in [2.24, 2.45) is 0 Å². The van der Waals surface area contributed by atoms with Crippen LogP contribution in [0.15, 0.2) is 12.2 Å². The maximum Gasteiger partial charge on any atom is 0.306 e. The Morgan fingerprint density at radius 2 is 0.402 bits per heavy atom. The number of hydrogen-bond donors (Lipinski definition) is 0. The van der Waals surface area contributed by atoms with E-state index in [4.69, 9.17) is 14.2 Å². The third-order valence-electron chi connectivity index (χ3n) is 17.5. The fourth-order valence-corrected chi connectivity index (χ4v) is 11.9. The van der Waals surface area contributed by atoms with Gasteiger partial charge >= 0.3 is 17.9 Å². The summed E-state index contributed by atoms with van der Waals surface area (Å²) in [6.45, 7) is 6.75. The normalized spacial score (nSPS) is 12.0. The largest absolute Gasteiger partial charge is 0.462 e. The molecule has 0 spiro atoms. The standard InChI is InChI=1S/C76H146O6/c1-4-7-10-13-16-19-22-25-28-31-34-36-37-38-39-41-42-45-48-51-54-57-60-63-66-69-75(78)81-72-73(71-80-74(77)68-65-62-59-56-53-50-47-44-33-30-27-24-21-18-15-12-9-6-3)82-76(79)70-67-64-61-58-55-52-49-46-43-40-35-32-29-26-23-20-17-14-11-8-5-2/h32,35,73H,4-31,33-34,36-72H2,1-3H3/b35-32-. The summed E-state index contributed by atoms with van der Waals surface area (Å²) in [6.07, 6.45) is 86.8. The molecule has 1 unspecified atom stereocenters. The van der Waals surface area contributed by atoms with E-state index >= 15 is 0 Å². The van der Waals surface area contributed by atoms with Crippen molar-refractivity contribution < 1.29 is 28.6 Å². The number of rotatable bonds is 71. The van der Waals surface area contributed by atoms with Gasteiger partial charge in [-0.1, -0.05) is 386 Å². The molecule has 6 nitrogen and oxygen atoms in total. The van der Waals surface area contributed by atoms with E-state index in [2.05, 4.69) is 32.9 Å². The van der Waals surface area contributed by atoms with Crippen molar-refractivity contribution in [1.82, 2.24) is 0 Å². The average molecular weight is 1160 g/mol. The average Bonchev–Trinajstić information content (AvgIpc) is 3.47. The highest BCUT2D eigenvalue weighted by Gasteiger charge is 2.20. The number of allylic oxidation sites excluding steroid dienone is 2. The minimum Gasteiger partial charge on any atom is -0.462 e. The zero-order valence-electron chi connectivity index (χ0n) is 56.1. The summed E-state index contributed by atoms with van der Waals surface area (Å²) < 4.78 is 17.1. The molecule has 0 aliphatic carbocycles. The predicted octanol–water partition coefficient (Wildman–Crippen LogP) is 26.0. The second-order valence-electron chi connectivity index (χ2n) is 25.9. The van der Waals surface area contributed by atoms with Crippen molar-refractivity contribution in [2.45, 2.75) is 444 Å². The third-order valence-corrected chi connectivity index (χ3v) is 17.5. The topological polar surface area (TPSA) is 78.9 Å². The van der Waals surface area contributed by atoms with Gasteiger partial charge in [-0.25, -0.2) is 0 Å². The zero-order valence-corrected chi connectivity index (χ0v) is 56.1. The molecule has 0 aliphatic heterocycles. The van der Waals surface area contributed by atoms with Crippen molar-refractivity contribution in [1.29, 1.82) is 0 Å². The van der Waals surface area contributed by atoms with Crippen LogP contribution in [0.5, 0.6) is 0 Å². The molecular weight excluding hydrogens is 1010 g/mol. The van der Waals surface area contributed by atoms with E-state index < -0.39 is 6.10 Å². The SMILES string of the molecule is CCCCCCCCCC/C=C\CCCCCCCCCCCC(=O)OC(COC(=O)CCCCCCCCCCCCCCCCCCCC)COC(=O)CCCCCCCCCCCCCCCCCCCCCCCCCCC. The molecule has 0 aromatic rings. The Kier molecular flexibility index (Phi) is 70.0. The van der Waals surface area contributed by atoms with Crippen LogP contribution in [-0.4, -0.2) is 37.2 Å². The van der Waals surface area contributed by atoms with E-state index in [-0.39, 0.29) is 31.1 Å². The number of ether oxygens (including phenoxy) is 3. The number of unbranched alkanes of at least 4 members (excludes halogenated alkanes) is 58. The van der Waals surface area contributed by atoms with Gasteiger partial charge in [0.05, 0.1) is 0 Å². The van der Waals surface area contributed by atoms with E-state index in [1.807, 2.05) is 0 Å². The molecule has 0 rings (SSSR count). The van der Waals surface area contributed by atoms with Gasteiger partial charge < -0.3 is 14.2 Å². The van der Waals surface area contributed by atoms with Crippen LogP contribution >= 0.6 is 0 Å². The molecule has 0 amide bonds. The molecular formula is C76H146O6. The van der Waals surface area contributed by atoms with Crippen LogP contribution in [0.4, 0.5) is 0 Å². The summed E-state index contributed by atoms with van der Waals surface area (Å²) in [6, 6.07) is 0. The highest BCUT2D eigenvalue weighted by Crippen LogP contribution is 2.20. The summed E-state index contributed by atoms with van der Waals surface area (Å²) in [7, 11) is 0. The van der Waals surface area contributed by atoms with Crippen molar-refractivity contribution in [3.63, 3.8) is 0 Å². The van der Waals surface area contributed by atoms with Gasteiger partial charge in [0.2, 0.25) is 0 Å². The van der Waals surface area contributed by atoms with E-state index in [9.17, 15) is 14.4 Å². The number of carbonyl (C=O) groups is 3. The van der Waals surface area contributed by atoms with Crippen molar-refractivity contribution in [3.8, 4) is 0 Å². The Bertz CT molecular complexity index is 1280. The van der Waals surface area contributed by atoms with Crippen molar-refractivity contribution >= 4 is 17.9 Å². The summed E-state index contributed by atoms with van der Waals surface area (Å²) in [4.78, 5) is 38.5. The van der Waals surface area contributed by atoms with E-state index in [1.165, 1.54) is 340 Å². The van der Waals surface area contributed by atoms with Crippen LogP contribution in [0.3, 0.4) is 0 Å². The first-order valence-electron chi connectivity index (χ1n) is 37.7. The maximum atomic E-state index is 13.0. The predicted molar refractivity (Wildman–Crippen MR) is 358 cm³/mol. The Morgan fingerprint density at radius 1 is 0.232 bits per heavy atom. The number of hydrogen-bond acceptors (Lipinski definition) is 6. The van der Waals surface area contributed by atoms with Gasteiger partial charge in [-0.05, 0) is 44.9 Å². The first-order chi connectivity index (χ1) is 40.5. The lowest BCUT2D eigenvalue weighted by Gasteiger charge is -2.18. The summed E-state index contributed by atoms with van der Waals surface area (Å²) in [5.41, 5.74) is 0. The van der Waals surface area contributed by atoms with Crippen LogP contribution in [0.25, 0.3) is 0 Å². The summed E-state index contributed by atoms with van der Waals surface area (Å²) in [5.74, 6) is -0.824. The quantitative estimate of drug-likeness (QED) is 0.0261. The van der Waals surface area contributed by atoms with Crippen LogP contribution in [0.2, 0.25) is 0 Å². The molecule has 6 heteroatoms. The van der Waals surface area contributed by atoms with Gasteiger partial charge in [0.25, 0.3) is 0 Å². The van der Waals surface area contributed by atoms with Gasteiger partial charge in [0, 0.05) is 19.3 Å². The van der Waals surface area contributed by atoms with Crippen molar-refractivity contribution in [2.75, 3.05) is 13.2 Å². The second-order valence-corrected chi connectivity index (χ2v) is 25.9. The maximum absolute atomic E-state index is 13.0. The molecule has 0 radical (unpaired) electrons. The first kappa shape index (κ1) is 80.2. The Balaban J connectivity index is 4.26. The molecule has 0 aromatic carbocycles. The molecule has 0 bridgehead atoms. The van der Waals surface area contributed by atoms with Gasteiger partial charge in [0.1, 0.15) is 13.2 Å². The van der Waals surface area contributed by atoms with E-state index in [0.29, 0.717) is 19.3 Å². The van der Waals surface area contributed by atoms with E-state index in [1.54, 1.807) is 0 Å². The first-order valence-corrected chi connectivity index (χ1v) is 37.7. The molecule has 0 aliphatic rings. The third kappa shape index (κ3) is 68.9. The minimum atomic E-state index is -0.768. The van der Waals surface area contributed by atoms with Crippen LogP contribution in [-0.2, 0) is 28.6 Å². The van der Waals surface area contributed by atoms with E-state index in [0.717, 1.165) is 57.8 Å². The lowest BCUT2D eigenvalue weighted by atomic mass is 10.0. The Labute approximate surface area is 513 Å². The Morgan fingerprint density at radius 3 is 0.610 bits per heavy atom. The smallest absolute Gasteiger partial charge is 0.306 e.